The van der Waals surface area contributed by atoms with E-state index in [-0.39, 0.29) is 12.2 Å². The number of piperazine rings is 1. The summed E-state index contributed by atoms with van der Waals surface area (Å²) in [6.45, 7) is 9.03. The lowest BCUT2D eigenvalue weighted by Gasteiger charge is -2.37. The molecular formula is C21H29ClF3N5O3. The Balaban J connectivity index is 1.82. The van der Waals surface area contributed by atoms with E-state index >= 15 is 0 Å². The number of carbonyl (C=O) groups is 3. The number of rotatable bonds is 5. The van der Waals surface area contributed by atoms with Crippen molar-refractivity contribution in [1.29, 1.82) is 0 Å². The van der Waals surface area contributed by atoms with Crippen LogP contribution in [0.5, 0.6) is 0 Å². The smallest absolute Gasteiger partial charge is 0.333 e. The zero-order valence-electron chi connectivity index (χ0n) is 19.0. The van der Waals surface area contributed by atoms with E-state index in [0.29, 0.717) is 26.2 Å². The van der Waals surface area contributed by atoms with Crippen LogP contribution in [-0.2, 0) is 15.8 Å². The lowest BCUT2D eigenvalue weighted by atomic mass is 10.1. The maximum Gasteiger partial charge on any atom is 0.417 e. The van der Waals surface area contributed by atoms with Gasteiger partial charge < -0.3 is 10.6 Å². The van der Waals surface area contributed by atoms with Crippen molar-refractivity contribution in [3.8, 4) is 0 Å². The van der Waals surface area contributed by atoms with Gasteiger partial charge in [-0.3, -0.25) is 24.7 Å². The molecule has 184 valence electrons. The molecule has 1 unspecified atom stereocenters. The molecule has 1 atom stereocenters. The van der Waals surface area contributed by atoms with Crippen LogP contribution in [0.25, 0.3) is 0 Å². The zero-order chi connectivity index (χ0) is 25.0. The first-order valence-corrected chi connectivity index (χ1v) is 10.8. The summed E-state index contributed by atoms with van der Waals surface area (Å²) in [5, 5.41) is 7.01. The minimum atomic E-state index is -4.62. The van der Waals surface area contributed by atoms with Gasteiger partial charge in [0.2, 0.25) is 11.8 Å². The van der Waals surface area contributed by atoms with Gasteiger partial charge >= 0.3 is 12.2 Å². The molecule has 4 amide bonds. The predicted octanol–water partition coefficient (Wildman–Crippen LogP) is 2.93. The maximum absolute atomic E-state index is 13.0. The Kier molecular flexibility index (Phi) is 8.72. The SMILES string of the molecule is CC(C(=O)NC(=O)NC(C)(C)C)N1CCN(CC(=O)Nc2ccc(Cl)c(C(F)(F)F)c2)CC1. The van der Waals surface area contributed by atoms with E-state index in [1.165, 1.54) is 6.07 Å². The summed E-state index contributed by atoms with van der Waals surface area (Å²) in [4.78, 5) is 40.3. The summed E-state index contributed by atoms with van der Waals surface area (Å²) in [6, 6.07) is 2.09. The third-order valence-corrected chi connectivity index (χ3v) is 5.31. The maximum atomic E-state index is 13.0. The topological polar surface area (TPSA) is 93.8 Å². The number of halogens is 4. The van der Waals surface area contributed by atoms with Gasteiger partial charge in [0.15, 0.2) is 0 Å². The Bertz CT molecular complexity index is 881. The van der Waals surface area contributed by atoms with Crippen LogP contribution < -0.4 is 16.0 Å². The minimum Gasteiger partial charge on any atom is -0.333 e. The van der Waals surface area contributed by atoms with E-state index < -0.39 is 46.2 Å². The quantitative estimate of drug-likeness (QED) is 0.589. The lowest BCUT2D eigenvalue weighted by Crippen LogP contribution is -2.57. The van der Waals surface area contributed by atoms with Crippen molar-refractivity contribution >= 4 is 35.1 Å². The van der Waals surface area contributed by atoms with Crippen LogP contribution >= 0.6 is 11.6 Å². The number of amides is 4. The van der Waals surface area contributed by atoms with Crippen LogP contribution in [0.15, 0.2) is 18.2 Å². The third kappa shape index (κ3) is 8.49. The zero-order valence-corrected chi connectivity index (χ0v) is 19.7. The van der Waals surface area contributed by atoms with E-state index in [2.05, 4.69) is 16.0 Å². The van der Waals surface area contributed by atoms with Crippen LogP contribution in [0.2, 0.25) is 5.02 Å². The number of anilines is 1. The summed E-state index contributed by atoms with van der Waals surface area (Å²) < 4.78 is 38.9. The molecular weight excluding hydrogens is 463 g/mol. The third-order valence-electron chi connectivity index (χ3n) is 4.98. The fraction of sp³-hybridized carbons (Fsp3) is 0.571. The van der Waals surface area contributed by atoms with Crippen molar-refractivity contribution in [3.63, 3.8) is 0 Å². The Morgan fingerprint density at radius 3 is 2.24 bits per heavy atom. The molecule has 0 spiro atoms. The molecule has 1 aliphatic rings. The van der Waals surface area contributed by atoms with E-state index in [9.17, 15) is 27.6 Å². The average Bonchev–Trinajstić information content (AvgIpc) is 2.67. The van der Waals surface area contributed by atoms with Crippen molar-refractivity contribution in [3.05, 3.63) is 28.8 Å². The van der Waals surface area contributed by atoms with Gasteiger partial charge in [-0.25, -0.2) is 4.79 Å². The molecule has 0 bridgehead atoms. The second kappa shape index (κ2) is 10.7. The largest absolute Gasteiger partial charge is 0.417 e. The number of nitrogens with one attached hydrogen (secondary N) is 3. The molecule has 8 nitrogen and oxygen atoms in total. The van der Waals surface area contributed by atoms with Gasteiger partial charge in [-0.1, -0.05) is 11.6 Å². The van der Waals surface area contributed by atoms with Crippen molar-refractivity contribution in [1.82, 2.24) is 20.4 Å². The lowest BCUT2D eigenvalue weighted by molar-refractivity contribution is -0.137. The summed E-state index contributed by atoms with van der Waals surface area (Å²) >= 11 is 5.59. The molecule has 0 aromatic heterocycles. The van der Waals surface area contributed by atoms with Crippen LogP contribution in [-0.4, -0.2) is 71.9 Å². The highest BCUT2D eigenvalue weighted by atomic mass is 35.5. The second-order valence-corrected chi connectivity index (χ2v) is 9.33. The molecule has 2 rings (SSSR count). The molecule has 1 aliphatic heterocycles. The molecule has 1 saturated heterocycles. The highest BCUT2D eigenvalue weighted by Gasteiger charge is 2.33. The summed E-state index contributed by atoms with van der Waals surface area (Å²) in [5.74, 6) is -0.880. The van der Waals surface area contributed by atoms with Crippen molar-refractivity contribution in [2.75, 3.05) is 38.0 Å². The Morgan fingerprint density at radius 1 is 1.09 bits per heavy atom. The monoisotopic (exact) mass is 491 g/mol. The fourth-order valence-electron chi connectivity index (χ4n) is 3.29. The van der Waals surface area contributed by atoms with Crippen molar-refractivity contribution < 1.29 is 27.6 Å². The Morgan fingerprint density at radius 2 is 1.70 bits per heavy atom. The standard InChI is InChI=1S/C21H29ClF3N5O3/c1-13(18(32)27-19(33)28-20(2,3)4)30-9-7-29(8-10-30)12-17(31)26-14-5-6-16(22)15(11-14)21(23,24)25/h5-6,11,13H,7-10,12H2,1-4H3,(H,26,31)(H2,27,28,32,33). The van der Waals surface area contributed by atoms with Gasteiger partial charge in [0.05, 0.1) is 23.2 Å². The van der Waals surface area contributed by atoms with Crippen molar-refractivity contribution in [2.45, 2.75) is 45.5 Å². The number of carbonyl (C=O) groups excluding carboxylic acids is 3. The molecule has 1 heterocycles. The highest BCUT2D eigenvalue weighted by molar-refractivity contribution is 6.31. The number of benzene rings is 1. The molecule has 0 aliphatic carbocycles. The molecule has 1 aromatic carbocycles. The number of alkyl halides is 3. The van der Waals surface area contributed by atoms with Crippen LogP contribution in [0.3, 0.4) is 0 Å². The summed E-state index contributed by atoms with van der Waals surface area (Å²) in [7, 11) is 0. The van der Waals surface area contributed by atoms with Gasteiger partial charge in [0.25, 0.3) is 0 Å². The predicted molar refractivity (Wildman–Crippen MR) is 119 cm³/mol. The van der Waals surface area contributed by atoms with Crippen LogP contribution in [0.1, 0.15) is 33.3 Å². The van der Waals surface area contributed by atoms with Gasteiger partial charge in [-0.2, -0.15) is 13.2 Å². The summed E-state index contributed by atoms with van der Waals surface area (Å²) in [5.41, 5.74) is -1.48. The molecule has 1 fully saturated rings. The number of imide groups is 1. The molecule has 3 N–H and O–H groups in total. The Hall–Kier alpha value is -2.37. The van der Waals surface area contributed by atoms with Gasteiger partial charge in [-0.15, -0.1) is 0 Å². The summed E-state index contributed by atoms with van der Waals surface area (Å²) in [6.07, 6.45) is -4.62. The Labute approximate surface area is 195 Å². The first-order valence-electron chi connectivity index (χ1n) is 10.4. The van der Waals surface area contributed by atoms with E-state index in [1.807, 2.05) is 9.80 Å². The normalized spacial score (nSPS) is 16.7. The minimum absolute atomic E-state index is 0.00756. The number of urea groups is 1. The number of nitrogens with zero attached hydrogens (tertiary/aromatic N) is 2. The van der Waals surface area contributed by atoms with E-state index in [1.54, 1.807) is 27.7 Å². The van der Waals surface area contributed by atoms with Gasteiger partial charge in [0.1, 0.15) is 0 Å². The molecule has 0 saturated carbocycles. The van der Waals surface area contributed by atoms with Crippen LogP contribution in [0.4, 0.5) is 23.7 Å². The molecule has 0 radical (unpaired) electrons. The number of hydrogen-bond acceptors (Lipinski definition) is 5. The van der Waals surface area contributed by atoms with Crippen molar-refractivity contribution in [2.24, 2.45) is 0 Å². The van der Waals surface area contributed by atoms with E-state index in [0.717, 1.165) is 12.1 Å². The first-order chi connectivity index (χ1) is 15.2. The van der Waals surface area contributed by atoms with Crippen LogP contribution in [0, 0.1) is 0 Å². The first kappa shape index (κ1) is 26.9. The van der Waals surface area contributed by atoms with Gasteiger partial charge in [-0.05, 0) is 45.9 Å². The van der Waals surface area contributed by atoms with Gasteiger partial charge in [0, 0.05) is 37.4 Å². The molecule has 12 heteroatoms. The molecule has 1 aromatic rings. The second-order valence-electron chi connectivity index (χ2n) is 8.92. The number of hydrogen-bond donors (Lipinski definition) is 3. The average molecular weight is 492 g/mol. The fourth-order valence-corrected chi connectivity index (χ4v) is 3.51. The molecule has 33 heavy (non-hydrogen) atoms. The van der Waals surface area contributed by atoms with E-state index in [4.69, 9.17) is 11.6 Å². The highest BCUT2D eigenvalue weighted by Crippen LogP contribution is 2.36.